The van der Waals surface area contributed by atoms with Crippen molar-refractivity contribution in [3.8, 4) is 11.3 Å². The normalized spacial score (nSPS) is 10.9. The van der Waals surface area contributed by atoms with Crippen LogP contribution in [0.3, 0.4) is 0 Å². The van der Waals surface area contributed by atoms with Crippen molar-refractivity contribution in [1.29, 1.82) is 0 Å². The smallest absolute Gasteiger partial charge is 0.341 e. The van der Waals surface area contributed by atoms with Crippen LogP contribution >= 0.6 is 34.7 Å². The summed E-state index contributed by atoms with van der Waals surface area (Å²) in [7, 11) is 1.35. The Hall–Kier alpha value is -1.10. The number of nitrogens with zero attached hydrogens (tertiary/aromatic N) is 1. The minimum atomic E-state index is -0.423. The molecule has 0 unspecified atom stereocenters. The first-order valence-corrected chi connectivity index (χ1v) is 7.52. The van der Waals surface area contributed by atoms with E-state index in [0.29, 0.717) is 26.9 Å². The molecule has 0 aliphatic rings. The number of ether oxygens (including phenoxy) is 1. The van der Waals surface area contributed by atoms with E-state index in [1.54, 1.807) is 18.2 Å². The summed E-state index contributed by atoms with van der Waals surface area (Å²) in [4.78, 5) is 12.9. The SMILES string of the molecule is COC(=O)c1c(-c2c(Cl)cccc2Cl)nsc1C(C)C. The largest absolute Gasteiger partial charge is 0.465 e. The van der Waals surface area contributed by atoms with Crippen molar-refractivity contribution in [3.05, 3.63) is 38.7 Å². The van der Waals surface area contributed by atoms with Gasteiger partial charge in [0.05, 0.1) is 17.2 Å². The zero-order chi connectivity index (χ0) is 14.9. The van der Waals surface area contributed by atoms with Crippen LogP contribution in [0.25, 0.3) is 11.3 Å². The van der Waals surface area contributed by atoms with Crippen molar-refractivity contribution >= 4 is 40.7 Å². The Bertz CT molecular complexity index is 632. The summed E-state index contributed by atoms with van der Waals surface area (Å²) in [5.41, 5.74) is 1.50. The number of carbonyl (C=O) groups is 1. The molecule has 0 spiro atoms. The Morgan fingerprint density at radius 2 is 1.90 bits per heavy atom. The fraction of sp³-hybridized carbons (Fsp3) is 0.286. The highest BCUT2D eigenvalue weighted by Gasteiger charge is 2.26. The van der Waals surface area contributed by atoms with Crippen LogP contribution in [-0.4, -0.2) is 17.5 Å². The molecular weight excluding hydrogens is 317 g/mol. The lowest BCUT2D eigenvalue weighted by Gasteiger charge is -2.08. The van der Waals surface area contributed by atoms with E-state index in [0.717, 1.165) is 4.88 Å². The maximum Gasteiger partial charge on any atom is 0.341 e. The molecule has 0 fully saturated rings. The van der Waals surface area contributed by atoms with Crippen LogP contribution in [0, 0.1) is 0 Å². The number of esters is 1. The molecule has 0 saturated carbocycles. The molecule has 2 aromatic rings. The molecule has 2 rings (SSSR count). The van der Waals surface area contributed by atoms with Gasteiger partial charge in [0.2, 0.25) is 0 Å². The second-order valence-electron chi connectivity index (χ2n) is 4.51. The molecule has 0 N–H and O–H groups in total. The third-order valence-corrected chi connectivity index (χ3v) is 4.61. The molecule has 20 heavy (non-hydrogen) atoms. The quantitative estimate of drug-likeness (QED) is 0.741. The number of carbonyl (C=O) groups excluding carboxylic acids is 1. The van der Waals surface area contributed by atoms with Crippen molar-refractivity contribution in [2.75, 3.05) is 7.11 Å². The topological polar surface area (TPSA) is 39.2 Å². The van der Waals surface area contributed by atoms with Crippen LogP contribution in [0.1, 0.15) is 35.0 Å². The van der Waals surface area contributed by atoms with Gasteiger partial charge in [-0.25, -0.2) is 4.79 Å². The molecule has 0 atom stereocenters. The van der Waals surface area contributed by atoms with E-state index in [-0.39, 0.29) is 5.92 Å². The van der Waals surface area contributed by atoms with E-state index in [2.05, 4.69) is 4.37 Å². The molecule has 0 aliphatic carbocycles. The third kappa shape index (κ3) is 2.68. The molecule has 1 heterocycles. The Balaban J connectivity index is 2.72. The molecule has 0 aliphatic heterocycles. The summed E-state index contributed by atoms with van der Waals surface area (Å²) in [6.07, 6.45) is 0. The number of benzene rings is 1. The average Bonchev–Trinajstić information content (AvgIpc) is 2.82. The van der Waals surface area contributed by atoms with E-state index in [1.807, 2.05) is 13.8 Å². The summed E-state index contributed by atoms with van der Waals surface area (Å²) in [5, 5.41) is 0.923. The van der Waals surface area contributed by atoms with Crippen LogP contribution in [-0.2, 0) is 4.74 Å². The molecule has 0 radical (unpaired) electrons. The van der Waals surface area contributed by atoms with Crippen molar-refractivity contribution in [2.24, 2.45) is 0 Å². The first kappa shape index (κ1) is 15.3. The molecule has 0 bridgehead atoms. The van der Waals surface area contributed by atoms with Crippen LogP contribution in [0.15, 0.2) is 18.2 Å². The number of hydrogen-bond acceptors (Lipinski definition) is 4. The minimum absolute atomic E-state index is 0.164. The van der Waals surface area contributed by atoms with Gasteiger partial charge in [-0.05, 0) is 29.6 Å². The summed E-state index contributed by atoms with van der Waals surface area (Å²) < 4.78 is 9.24. The van der Waals surface area contributed by atoms with Crippen molar-refractivity contribution in [3.63, 3.8) is 0 Å². The van der Waals surface area contributed by atoms with Gasteiger partial charge in [-0.1, -0.05) is 43.1 Å². The first-order chi connectivity index (χ1) is 9.47. The number of rotatable bonds is 3. The van der Waals surface area contributed by atoms with Crippen LogP contribution in [0.4, 0.5) is 0 Å². The zero-order valence-electron chi connectivity index (χ0n) is 11.2. The molecule has 0 saturated heterocycles. The summed E-state index contributed by atoms with van der Waals surface area (Å²) in [6, 6.07) is 5.19. The number of halogens is 2. The highest BCUT2D eigenvalue weighted by molar-refractivity contribution is 7.06. The molecule has 1 aromatic carbocycles. The average molecular weight is 330 g/mol. The monoisotopic (exact) mass is 329 g/mol. The lowest BCUT2D eigenvalue weighted by molar-refractivity contribution is 0.0600. The van der Waals surface area contributed by atoms with E-state index in [9.17, 15) is 4.79 Å². The van der Waals surface area contributed by atoms with Gasteiger partial charge in [0, 0.05) is 10.4 Å². The fourth-order valence-corrected chi connectivity index (χ4v) is 3.32. The second-order valence-corrected chi connectivity index (χ2v) is 6.13. The Morgan fingerprint density at radius 3 is 2.40 bits per heavy atom. The maximum atomic E-state index is 12.1. The Kier molecular flexibility index (Phi) is 4.68. The molecular formula is C14H13Cl2NO2S. The number of aromatic nitrogens is 1. The minimum Gasteiger partial charge on any atom is -0.465 e. The van der Waals surface area contributed by atoms with E-state index >= 15 is 0 Å². The highest BCUT2D eigenvalue weighted by Crippen LogP contribution is 2.40. The maximum absolute atomic E-state index is 12.1. The predicted molar refractivity (Wildman–Crippen MR) is 83.0 cm³/mol. The van der Waals surface area contributed by atoms with Crippen molar-refractivity contribution in [1.82, 2.24) is 4.37 Å². The molecule has 1 aromatic heterocycles. The van der Waals surface area contributed by atoms with Crippen LogP contribution in [0.5, 0.6) is 0 Å². The highest BCUT2D eigenvalue weighted by atomic mass is 35.5. The third-order valence-electron chi connectivity index (χ3n) is 2.83. The summed E-state index contributed by atoms with van der Waals surface area (Å²) in [6.45, 7) is 4.00. The lowest BCUT2D eigenvalue weighted by Crippen LogP contribution is -2.06. The van der Waals surface area contributed by atoms with Crippen molar-refractivity contribution < 1.29 is 9.53 Å². The first-order valence-electron chi connectivity index (χ1n) is 5.99. The van der Waals surface area contributed by atoms with Gasteiger partial charge < -0.3 is 4.74 Å². The van der Waals surface area contributed by atoms with Gasteiger partial charge in [-0.15, -0.1) is 0 Å². The van der Waals surface area contributed by atoms with Crippen LogP contribution in [0.2, 0.25) is 10.0 Å². The van der Waals surface area contributed by atoms with Gasteiger partial charge in [0.15, 0.2) is 0 Å². The summed E-state index contributed by atoms with van der Waals surface area (Å²) in [5.74, 6) is -0.259. The Labute approximate surface area is 131 Å². The standard InChI is InChI=1S/C14H13Cl2NO2S/c1-7(2)13-11(14(18)19-3)12(17-20-13)10-8(15)5-4-6-9(10)16/h4-7H,1-3H3. The van der Waals surface area contributed by atoms with Gasteiger partial charge in [-0.2, -0.15) is 4.37 Å². The van der Waals surface area contributed by atoms with Gasteiger partial charge in [0.25, 0.3) is 0 Å². The van der Waals surface area contributed by atoms with Crippen molar-refractivity contribution in [2.45, 2.75) is 19.8 Å². The lowest BCUT2D eigenvalue weighted by atomic mass is 10.0. The van der Waals surface area contributed by atoms with E-state index < -0.39 is 5.97 Å². The van der Waals surface area contributed by atoms with E-state index in [4.69, 9.17) is 27.9 Å². The van der Waals surface area contributed by atoms with E-state index in [1.165, 1.54) is 18.6 Å². The predicted octanol–water partition coefficient (Wildman–Crippen LogP) is 5.03. The van der Waals surface area contributed by atoms with Gasteiger partial charge in [-0.3, -0.25) is 0 Å². The molecule has 6 heteroatoms. The second kappa shape index (κ2) is 6.12. The Morgan fingerprint density at radius 1 is 1.30 bits per heavy atom. The van der Waals surface area contributed by atoms with Gasteiger partial charge in [0.1, 0.15) is 11.3 Å². The number of methoxy groups -OCH3 is 1. The zero-order valence-corrected chi connectivity index (χ0v) is 13.6. The van der Waals surface area contributed by atoms with Crippen LogP contribution < -0.4 is 0 Å². The fourth-order valence-electron chi connectivity index (χ4n) is 1.89. The number of hydrogen-bond donors (Lipinski definition) is 0. The molecule has 3 nitrogen and oxygen atoms in total. The molecule has 106 valence electrons. The summed E-state index contributed by atoms with van der Waals surface area (Å²) >= 11 is 13.7. The van der Waals surface area contributed by atoms with Gasteiger partial charge >= 0.3 is 5.97 Å². The molecule has 0 amide bonds.